The Hall–Kier alpha value is -0.830. The fourth-order valence-electron chi connectivity index (χ4n) is 2.04. The average Bonchev–Trinajstić information content (AvgIpc) is 2.15. The van der Waals surface area contributed by atoms with Gasteiger partial charge in [-0.15, -0.1) is 0 Å². The van der Waals surface area contributed by atoms with Crippen LogP contribution in [-0.4, -0.2) is 23.8 Å². The molecule has 3 nitrogen and oxygen atoms in total. The molecule has 1 aliphatic carbocycles. The van der Waals surface area contributed by atoms with E-state index in [9.17, 15) is 4.79 Å². The summed E-state index contributed by atoms with van der Waals surface area (Å²) in [5.74, 6) is -0.897. The summed E-state index contributed by atoms with van der Waals surface area (Å²) in [5, 5.41) is 8.56. The van der Waals surface area contributed by atoms with Crippen LogP contribution in [0.2, 0.25) is 0 Å². The van der Waals surface area contributed by atoms with E-state index < -0.39 is 5.97 Å². The molecule has 0 unspecified atom stereocenters. The molecular formula is C13H22O3. The van der Waals surface area contributed by atoms with Crippen LogP contribution in [0.5, 0.6) is 0 Å². The van der Waals surface area contributed by atoms with Crippen LogP contribution >= 0.6 is 0 Å². The lowest BCUT2D eigenvalue weighted by Crippen LogP contribution is -2.26. The van der Waals surface area contributed by atoms with Crippen LogP contribution in [-0.2, 0) is 9.53 Å². The zero-order valence-electron chi connectivity index (χ0n) is 10.5. The number of carboxylic acid groups (broad SMARTS) is 1. The molecule has 1 N–H and O–H groups in total. The highest BCUT2D eigenvalue weighted by molar-refractivity contribution is 5.80. The Bertz CT molecular complexity index is 269. The van der Waals surface area contributed by atoms with Crippen molar-refractivity contribution in [3.05, 3.63) is 11.6 Å². The van der Waals surface area contributed by atoms with Crippen LogP contribution in [0.4, 0.5) is 0 Å². The third-order valence-electron chi connectivity index (χ3n) is 3.20. The van der Waals surface area contributed by atoms with Gasteiger partial charge in [0.2, 0.25) is 0 Å². The quantitative estimate of drug-likeness (QED) is 0.749. The third-order valence-corrected chi connectivity index (χ3v) is 3.20. The Balaban J connectivity index is 2.27. The number of hydrogen-bond donors (Lipinski definition) is 1. The summed E-state index contributed by atoms with van der Waals surface area (Å²) in [4.78, 5) is 10.4. The fourth-order valence-corrected chi connectivity index (χ4v) is 2.04. The van der Waals surface area contributed by atoms with Crippen molar-refractivity contribution in [2.45, 2.75) is 52.6 Å². The van der Waals surface area contributed by atoms with E-state index in [0.717, 1.165) is 18.4 Å². The number of carbonyl (C=O) groups is 1. The van der Waals surface area contributed by atoms with Gasteiger partial charge in [-0.1, -0.05) is 13.8 Å². The number of rotatable bonds is 4. The lowest BCUT2D eigenvalue weighted by Gasteiger charge is -2.34. The van der Waals surface area contributed by atoms with Crippen LogP contribution in [0, 0.1) is 5.41 Å². The van der Waals surface area contributed by atoms with Gasteiger partial charge in [-0.05, 0) is 43.6 Å². The van der Waals surface area contributed by atoms with Gasteiger partial charge in [0.05, 0.1) is 12.7 Å². The minimum atomic E-state index is -0.897. The number of carboxylic acids is 1. The van der Waals surface area contributed by atoms with Crippen molar-refractivity contribution in [1.29, 1.82) is 0 Å². The van der Waals surface area contributed by atoms with E-state index >= 15 is 0 Å². The minimum Gasteiger partial charge on any atom is -0.478 e. The second-order valence-corrected chi connectivity index (χ2v) is 5.50. The molecule has 16 heavy (non-hydrogen) atoms. The van der Waals surface area contributed by atoms with Gasteiger partial charge in [0, 0.05) is 6.08 Å². The van der Waals surface area contributed by atoms with Gasteiger partial charge < -0.3 is 9.84 Å². The fraction of sp³-hybridized carbons (Fsp3) is 0.769. The molecular weight excluding hydrogens is 204 g/mol. The first-order valence-corrected chi connectivity index (χ1v) is 5.91. The monoisotopic (exact) mass is 226 g/mol. The molecule has 0 aromatic carbocycles. The van der Waals surface area contributed by atoms with Crippen molar-refractivity contribution >= 4 is 5.97 Å². The molecule has 0 radical (unpaired) electrons. The first-order chi connectivity index (χ1) is 7.39. The Morgan fingerprint density at radius 2 is 2.00 bits per heavy atom. The molecule has 0 bridgehead atoms. The van der Waals surface area contributed by atoms with Gasteiger partial charge in [-0.2, -0.15) is 0 Å². The second-order valence-electron chi connectivity index (χ2n) is 5.50. The van der Waals surface area contributed by atoms with Crippen molar-refractivity contribution in [3.8, 4) is 0 Å². The summed E-state index contributed by atoms with van der Waals surface area (Å²) < 4.78 is 5.71. The highest BCUT2D eigenvalue weighted by Gasteiger charge is 2.26. The molecule has 0 amide bonds. The van der Waals surface area contributed by atoms with E-state index in [1.165, 1.54) is 18.9 Å². The van der Waals surface area contributed by atoms with E-state index in [-0.39, 0.29) is 0 Å². The van der Waals surface area contributed by atoms with Gasteiger partial charge in [0.15, 0.2) is 0 Å². The van der Waals surface area contributed by atoms with Crippen LogP contribution in [0.3, 0.4) is 0 Å². The summed E-state index contributed by atoms with van der Waals surface area (Å²) in [5.41, 5.74) is 1.23. The van der Waals surface area contributed by atoms with Crippen LogP contribution < -0.4 is 0 Å². The molecule has 0 aliphatic heterocycles. The van der Waals surface area contributed by atoms with E-state index in [4.69, 9.17) is 9.84 Å². The smallest absolute Gasteiger partial charge is 0.328 e. The van der Waals surface area contributed by atoms with E-state index in [0.29, 0.717) is 18.1 Å². The SMILES string of the molecule is CC(=CC(=O)O)COC1CCC(C)(C)CC1. The number of aliphatic carboxylic acids is 1. The van der Waals surface area contributed by atoms with Crippen molar-refractivity contribution in [3.63, 3.8) is 0 Å². The zero-order valence-corrected chi connectivity index (χ0v) is 10.5. The Morgan fingerprint density at radius 3 is 2.50 bits per heavy atom. The maximum atomic E-state index is 10.4. The molecule has 1 fully saturated rings. The molecule has 0 heterocycles. The lowest BCUT2D eigenvalue weighted by atomic mass is 9.76. The van der Waals surface area contributed by atoms with Gasteiger partial charge in [-0.25, -0.2) is 4.79 Å². The normalized spacial score (nSPS) is 22.1. The maximum absolute atomic E-state index is 10.4. The van der Waals surface area contributed by atoms with Crippen LogP contribution in [0.1, 0.15) is 46.5 Å². The lowest BCUT2D eigenvalue weighted by molar-refractivity contribution is -0.131. The van der Waals surface area contributed by atoms with Crippen molar-refractivity contribution in [1.82, 2.24) is 0 Å². The largest absolute Gasteiger partial charge is 0.478 e. The maximum Gasteiger partial charge on any atom is 0.328 e. The molecule has 1 rings (SSSR count). The molecule has 0 saturated heterocycles. The number of ether oxygens (including phenoxy) is 1. The predicted octanol–water partition coefficient (Wildman–Crippen LogP) is 3.00. The Kier molecular flexibility index (Phi) is 4.54. The van der Waals surface area contributed by atoms with E-state index in [1.807, 2.05) is 0 Å². The zero-order chi connectivity index (χ0) is 12.2. The molecule has 0 atom stereocenters. The molecule has 1 saturated carbocycles. The standard InChI is InChI=1S/C13H22O3/c1-10(8-12(14)15)9-16-11-4-6-13(2,3)7-5-11/h8,11H,4-7,9H2,1-3H3,(H,14,15). The van der Waals surface area contributed by atoms with Gasteiger partial charge >= 0.3 is 5.97 Å². The minimum absolute atomic E-state index is 0.310. The highest BCUT2D eigenvalue weighted by Crippen LogP contribution is 2.36. The van der Waals surface area contributed by atoms with Crippen molar-refractivity contribution in [2.75, 3.05) is 6.61 Å². The van der Waals surface area contributed by atoms with Crippen molar-refractivity contribution in [2.24, 2.45) is 5.41 Å². The molecule has 0 spiro atoms. The van der Waals surface area contributed by atoms with E-state index in [1.54, 1.807) is 6.92 Å². The second kappa shape index (κ2) is 5.48. The molecule has 92 valence electrons. The molecule has 3 heteroatoms. The van der Waals surface area contributed by atoms with Crippen molar-refractivity contribution < 1.29 is 14.6 Å². The Labute approximate surface area is 97.5 Å². The summed E-state index contributed by atoms with van der Waals surface area (Å²) in [6.45, 7) is 6.82. The van der Waals surface area contributed by atoms with Gasteiger partial charge in [-0.3, -0.25) is 0 Å². The van der Waals surface area contributed by atoms with E-state index in [2.05, 4.69) is 13.8 Å². The van der Waals surface area contributed by atoms with Gasteiger partial charge in [0.25, 0.3) is 0 Å². The van der Waals surface area contributed by atoms with Gasteiger partial charge in [0.1, 0.15) is 0 Å². The predicted molar refractivity (Wildman–Crippen MR) is 63.4 cm³/mol. The Morgan fingerprint density at radius 1 is 1.44 bits per heavy atom. The summed E-state index contributed by atoms with van der Waals surface area (Å²) in [6.07, 6.45) is 6.09. The topological polar surface area (TPSA) is 46.5 Å². The summed E-state index contributed by atoms with van der Waals surface area (Å²) in [6, 6.07) is 0. The first-order valence-electron chi connectivity index (χ1n) is 5.91. The highest BCUT2D eigenvalue weighted by atomic mass is 16.5. The van der Waals surface area contributed by atoms with Crippen LogP contribution in [0.15, 0.2) is 11.6 Å². The summed E-state index contributed by atoms with van der Waals surface area (Å²) in [7, 11) is 0. The number of hydrogen-bond acceptors (Lipinski definition) is 2. The molecule has 0 aromatic heterocycles. The summed E-state index contributed by atoms with van der Waals surface area (Å²) >= 11 is 0. The first kappa shape index (κ1) is 13.2. The molecule has 1 aliphatic rings. The third kappa shape index (κ3) is 4.79. The molecule has 0 aromatic rings. The average molecular weight is 226 g/mol. The van der Waals surface area contributed by atoms with Crippen LogP contribution in [0.25, 0.3) is 0 Å².